The molecule has 0 bridgehead atoms. The van der Waals surface area contributed by atoms with Crippen molar-refractivity contribution >= 4 is 43.8 Å². The predicted molar refractivity (Wildman–Crippen MR) is 109 cm³/mol. The lowest BCUT2D eigenvalue weighted by Crippen LogP contribution is -2.25. The first-order valence-corrected chi connectivity index (χ1v) is 10.3. The molecule has 138 valence electrons. The molecular weight excluding hydrogens is 362 g/mol. The largest absolute Gasteiger partial charge is 0.398 e. The number of benzene rings is 3. The molecule has 27 heavy (non-hydrogen) atoms. The highest BCUT2D eigenvalue weighted by atomic mass is 32.2. The van der Waals surface area contributed by atoms with Crippen LogP contribution in [-0.2, 0) is 10.0 Å². The fourth-order valence-electron chi connectivity index (χ4n) is 3.35. The molecule has 4 rings (SSSR count). The Bertz CT molecular complexity index is 1120. The van der Waals surface area contributed by atoms with Crippen molar-refractivity contribution in [2.75, 3.05) is 27.7 Å². The molecule has 0 aromatic heterocycles. The summed E-state index contributed by atoms with van der Waals surface area (Å²) in [7, 11) is -3.23. The zero-order valence-corrected chi connectivity index (χ0v) is 15.4. The maximum atomic E-state index is 12.6. The van der Waals surface area contributed by atoms with Crippen molar-refractivity contribution in [3.63, 3.8) is 0 Å². The van der Waals surface area contributed by atoms with Crippen molar-refractivity contribution in [1.82, 2.24) is 0 Å². The SMILES string of the molecule is Nc1cccc2c(NC(=O)c3ccc(N4CCCS4(=O)=O)cc3)cccc12. The van der Waals surface area contributed by atoms with Gasteiger partial charge in [-0.15, -0.1) is 0 Å². The molecule has 1 heterocycles. The van der Waals surface area contributed by atoms with E-state index in [1.807, 2.05) is 36.4 Å². The van der Waals surface area contributed by atoms with Crippen LogP contribution in [0.25, 0.3) is 10.8 Å². The molecule has 0 atom stereocenters. The van der Waals surface area contributed by atoms with Crippen LogP contribution in [0.2, 0.25) is 0 Å². The number of nitrogens with two attached hydrogens (primary N) is 1. The van der Waals surface area contributed by atoms with Crippen LogP contribution in [0.4, 0.5) is 17.1 Å². The number of carbonyl (C=O) groups excluding carboxylic acids is 1. The van der Waals surface area contributed by atoms with Crippen LogP contribution >= 0.6 is 0 Å². The van der Waals surface area contributed by atoms with Crippen molar-refractivity contribution in [1.29, 1.82) is 0 Å². The summed E-state index contributed by atoms with van der Waals surface area (Å²) in [5.74, 6) is -0.0971. The number of rotatable bonds is 3. The average Bonchev–Trinajstić information content (AvgIpc) is 3.02. The van der Waals surface area contributed by atoms with Crippen LogP contribution in [0, 0.1) is 0 Å². The lowest BCUT2D eigenvalue weighted by Gasteiger charge is -2.17. The standard InChI is InChI=1S/C20H19N3O3S/c21-18-6-1-5-17-16(18)4-2-7-19(17)22-20(24)14-8-10-15(11-9-14)23-12-3-13-27(23,25)26/h1-2,4-11H,3,12-13,21H2,(H,22,24). The van der Waals surface area contributed by atoms with Crippen molar-refractivity contribution in [2.45, 2.75) is 6.42 Å². The molecular formula is C20H19N3O3S. The Kier molecular flexibility index (Phi) is 4.24. The van der Waals surface area contributed by atoms with Gasteiger partial charge >= 0.3 is 0 Å². The maximum Gasteiger partial charge on any atom is 0.255 e. The van der Waals surface area contributed by atoms with Gasteiger partial charge in [0.15, 0.2) is 0 Å². The minimum Gasteiger partial charge on any atom is -0.398 e. The van der Waals surface area contributed by atoms with Gasteiger partial charge in [-0.3, -0.25) is 9.10 Å². The van der Waals surface area contributed by atoms with E-state index in [0.29, 0.717) is 35.6 Å². The van der Waals surface area contributed by atoms with E-state index in [4.69, 9.17) is 5.73 Å². The van der Waals surface area contributed by atoms with Gasteiger partial charge in [-0.25, -0.2) is 8.42 Å². The third-order valence-corrected chi connectivity index (χ3v) is 6.59. The predicted octanol–water partition coefficient (Wildman–Crippen LogP) is 3.21. The van der Waals surface area contributed by atoms with Crippen molar-refractivity contribution in [2.24, 2.45) is 0 Å². The van der Waals surface area contributed by atoms with Crippen LogP contribution in [0.5, 0.6) is 0 Å². The van der Waals surface area contributed by atoms with E-state index in [9.17, 15) is 13.2 Å². The summed E-state index contributed by atoms with van der Waals surface area (Å²) in [6.07, 6.45) is 0.620. The summed E-state index contributed by atoms with van der Waals surface area (Å²) < 4.78 is 25.4. The second-order valence-corrected chi connectivity index (χ2v) is 8.50. The maximum absolute atomic E-state index is 12.6. The van der Waals surface area contributed by atoms with Crippen molar-refractivity contribution < 1.29 is 13.2 Å². The van der Waals surface area contributed by atoms with Gasteiger partial charge in [0.25, 0.3) is 5.91 Å². The molecule has 1 fully saturated rings. The molecule has 0 aliphatic carbocycles. The van der Waals surface area contributed by atoms with Crippen LogP contribution in [0.3, 0.4) is 0 Å². The second kappa shape index (κ2) is 6.59. The Labute approximate surface area is 157 Å². The summed E-state index contributed by atoms with van der Waals surface area (Å²) in [4.78, 5) is 12.6. The number of nitrogens with one attached hydrogen (secondary N) is 1. The number of hydrogen-bond donors (Lipinski definition) is 2. The first-order valence-electron chi connectivity index (χ1n) is 8.65. The summed E-state index contributed by atoms with van der Waals surface area (Å²) in [6.45, 7) is 0.477. The Morgan fingerprint density at radius 1 is 0.963 bits per heavy atom. The van der Waals surface area contributed by atoms with Crippen LogP contribution in [-0.4, -0.2) is 26.6 Å². The van der Waals surface area contributed by atoms with E-state index in [1.165, 1.54) is 4.31 Å². The lowest BCUT2D eigenvalue weighted by molar-refractivity contribution is 0.102. The van der Waals surface area contributed by atoms with Gasteiger partial charge in [0, 0.05) is 34.3 Å². The molecule has 3 aromatic rings. The molecule has 1 aliphatic heterocycles. The molecule has 0 radical (unpaired) electrons. The van der Waals surface area contributed by atoms with Crippen LogP contribution in [0.15, 0.2) is 60.7 Å². The normalized spacial score (nSPS) is 15.8. The average molecular weight is 381 g/mol. The fourth-order valence-corrected chi connectivity index (χ4v) is 4.91. The third-order valence-electron chi connectivity index (χ3n) is 4.72. The smallest absolute Gasteiger partial charge is 0.255 e. The lowest BCUT2D eigenvalue weighted by atomic mass is 10.1. The van der Waals surface area contributed by atoms with Crippen molar-refractivity contribution in [3.05, 3.63) is 66.2 Å². The number of amides is 1. The first-order chi connectivity index (χ1) is 13.0. The number of sulfonamides is 1. The third kappa shape index (κ3) is 3.21. The molecule has 1 aliphatic rings. The van der Waals surface area contributed by atoms with Crippen LogP contribution in [0.1, 0.15) is 16.8 Å². The molecule has 1 saturated heterocycles. The molecule has 0 spiro atoms. The van der Waals surface area contributed by atoms with E-state index >= 15 is 0 Å². The number of nitrogen functional groups attached to an aromatic ring is 1. The summed E-state index contributed by atoms with van der Waals surface area (Å²) in [5.41, 5.74) is 8.37. The zero-order chi connectivity index (χ0) is 19.0. The highest BCUT2D eigenvalue weighted by Crippen LogP contribution is 2.28. The highest BCUT2D eigenvalue weighted by molar-refractivity contribution is 7.93. The Morgan fingerprint density at radius 3 is 2.37 bits per heavy atom. The number of fused-ring (bicyclic) bond motifs is 1. The first kappa shape index (κ1) is 17.4. The molecule has 3 aromatic carbocycles. The van der Waals surface area contributed by atoms with Crippen LogP contribution < -0.4 is 15.4 Å². The number of nitrogens with zero attached hydrogens (tertiary/aromatic N) is 1. The molecule has 0 unspecified atom stereocenters. The van der Waals surface area contributed by atoms with E-state index in [2.05, 4.69) is 5.32 Å². The fraction of sp³-hybridized carbons (Fsp3) is 0.150. The molecule has 6 nitrogen and oxygen atoms in total. The summed E-state index contributed by atoms with van der Waals surface area (Å²) in [6, 6.07) is 17.8. The monoisotopic (exact) mass is 381 g/mol. The molecule has 1 amide bonds. The minimum atomic E-state index is -3.23. The molecule has 3 N–H and O–H groups in total. The number of hydrogen-bond acceptors (Lipinski definition) is 4. The highest BCUT2D eigenvalue weighted by Gasteiger charge is 2.28. The van der Waals surface area contributed by atoms with Crippen molar-refractivity contribution in [3.8, 4) is 0 Å². The van der Waals surface area contributed by atoms with E-state index in [0.717, 1.165) is 10.8 Å². The van der Waals surface area contributed by atoms with Gasteiger partial charge in [-0.05, 0) is 42.8 Å². The quantitative estimate of drug-likeness (QED) is 0.682. The van der Waals surface area contributed by atoms with E-state index in [1.54, 1.807) is 24.3 Å². The molecule has 0 saturated carbocycles. The summed E-state index contributed by atoms with van der Waals surface area (Å²) in [5, 5.41) is 4.65. The Balaban J connectivity index is 1.58. The summed E-state index contributed by atoms with van der Waals surface area (Å²) >= 11 is 0. The minimum absolute atomic E-state index is 0.166. The second-order valence-electron chi connectivity index (χ2n) is 6.49. The van der Waals surface area contributed by atoms with Gasteiger partial charge < -0.3 is 11.1 Å². The van der Waals surface area contributed by atoms with Gasteiger partial charge in [-0.2, -0.15) is 0 Å². The van der Waals surface area contributed by atoms with E-state index in [-0.39, 0.29) is 11.7 Å². The molecule has 7 heteroatoms. The van der Waals surface area contributed by atoms with E-state index < -0.39 is 10.0 Å². The van der Waals surface area contributed by atoms with Gasteiger partial charge in [0.05, 0.1) is 11.4 Å². The Hall–Kier alpha value is -3.06. The Morgan fingerprint density at radius 2 is 1.67 bits per heavy atom. The number of anilines is 3. The zero-order valence-electron chi connectivity index (χ0n) is 14.6. The van der Waals surface area contributed by atoms with Gasteiger partial charge in [-0.1, -0.05) is 24.3 Å². The van der Waals surface area contributed by atoms with Gasteiger partial charge in [0.1, 0.15) is 0 Å². The topological polar surface area (TPSA) is 92.5 Å². The number of carbonyl (C=O) groups is 1. The van der Waals surface area contributed by atoms with Gasteiger partial charge in [0.2, 0.25) is 10.0 Å².